The Labute approximate surface area is 134 Å². The Hall–Kier alpha value is -1.76. The van der Waals surface area contributed by atoms with E-state index in [4.69, 9.17) is 0 Å². The fourth-order valence-corrected chi connectivity index (χ4v) is 3.22. The summed E-state index contributed by atoms with van der Waals surface area (Å²) in [4.78, 5) is 0. The van der Waals surface area contributed by atoms with Crippen LogP contribution >= 0.6 is 0 Å². The molecule has 1 heteroatoms. The maximum Gasteiger partial charge on any atom is 0.127 e. The number of benzene rings is 2. The van der Waals surface area contributed by atoms with Crippen LogP contribution in [-0.2, 0) is 0 Å². The zero-order valence-corrected chi connectivity index (χ0v) is 13.6. The van der Waals surface area contributed by atoms with E-state index < -0.39 is 0 Å². The SMILES string of the molecule is C[C]1[C](C)[C](C)[C](c2cccc(-c3ccccc3)c2O)[C]1C. The second-order valence-electron chi connectivity index (χ2n) is 5.94. The molecule has 2 aromatic carbocycles. The predicted molar refractivity (Wildman–Crippen MR) is 91.6 cm³/mol. The maximum absolute atomic E-state index is 10.8. The summed E-state index contributed by atoms with van der Waals surface area (Å²) in [7, 11) is 0. The second kappa shape index (κ2) is 5.79. The zero-order valence-electron chi connectivity index (χ0n) is 13.6. The van der Waals surface area contributed by atoms with Crippen molar-refractivity contribution in [2.45, 2.75) is 27.7 Å². The van der Waals surface area contributed by atoms with Gasteiger partial charge in [-0.2, -0.15) is 0 Å². The molecule has 0 atom stereocenters. The summed E-state index contributed by atoms with van der Waals surface area (Å²) in [6, 6.07) is 16.0. The topological polar surface area (TPSA) is 20.2 Å². The highest BCUT2D eigenvalue weighted by molar-refractivity contribution is 5.77. The molecule has 1 fully saturated rings. The predicted octanol–water partition coefficient (Wildman–Crippen LogP) is 5.37. The van der Waals surface area contributed by atoms with Crippen LogP contribution in [0.2, 0.25) is 0 Å². The standard InChI is InChI=1S/C21H21O/c1-13-14(2)16(4)20(15(13)3)19-12-8-11-18(21(19)22)17-9-6-5-7-10-17/h5-12,22H,1-4H3. The Balaban J connectivity index is 2.06. The number of hydrogen-bond donors (Lipinski definition) is 1. The molecule has 2 aromatic rings. The summed E-state index contributed by atoms with van der Waals surface area (Å²) in [5, 5.41) is 10.8. The summed E-state index contributed by atoms with van der Waals surface area (Å²) < 4.78 is 0. The first-order chi connectivity index (χ1) is 10.5. The van der Waals surface area contributed by atoms with Gasteiger partial charge in [-0.25, -0.2) is 0 Å². The Kier molecular flexibility index (Phi) is 3.99. The Bertz CT molecular complexity index is 632. The van der Waals surface area contributed by atoms with E-state index in [0.717, 1.165) is 16.7 Å². The minimum atomic E-state index is 0.366. The average Bonchev–Trinajstić information content (AvgIpc) is 2.73. The first-order valence-electron chi connectivity index (χ1n) is 7.63. The molecule has 0 aliphatic heterocycles. The van der Waals surface area contributed by atoms with Gasteiger partial charge in [-0.15, -0.1) is 0 Å². The first kappa shape index (κ1) is 15.1. The molecule has 111 valence electrons. The largest absolute Gasteiger partial charge is 0.507 e. The van der Waals surface area contributed by atoms with Gasteiger partial charge in [0.1, 0.15) is 5.75 Å². The molecule has 1 N–H and O–H groups in total. The lowest BCUT2D eigenvalue weighted by atomic mass is 9.81. The van der Waals surface area contributed by atoms with E-state index in [2.05, 4.69) is 27.7 Å². The second-order valence-corrected chi connectivity index (χ2v) is 5.94. The van der Waals surface area contributed by atoms with E-state index in [1.807, 2.05) is 48.5 Å². The Morgan fingerprint density at radius 1 is 0.591 bits per heavy atom. The van der Waals surface area contributed by atoms with E-state index in [-0.39, 0.29) is 0 Å². The highest BCUT2D eigenvalue weighted by Gasteiger charge is 2.45. The quantitative estimate of drug-likeness (QED) is 0.787. The van der Waals surface area contributed by atoms with Gasteiger partial charge in [0, 0.05) is 17.0 Å². The van der Waals surface area contributed by atoms with Crippen molar-refractivity contribution in [3.63, 3.8) is 0 Å². The number of para-hydroxylation sites is 1. The van der Waals surface area contributed by atoms with Crippen molar-refractivity contribution in [2.24, 2.45) is 0 Å². The molecule has 3 rings (SSSR count). The molecule has 0 heterocycles. The van der Waals surface area contributed by atoms with E-state index in [9.17, 15) is 5.11 Å². The third-order valence-corrected chi connectivity index (χ3v) is 4.83. The fourth-order valence-electron chi connectivity index (χ4n) is 3.22. The monoisotopic (exact) mass is 289 g/mol. The van der Waals surface area contributed by atoms with E-state index in [1.165, 1.54) is 29.6 Å². The Morgan fingerprint density at radius 3 is 1.73 bits per heavy atom. The highest BCUT2D eigenvalue weighted by atomic mass is 16.3. The lowest BCUT2D eigenvalue weighted by Crippen LogP contribution is -2.09. The number of hydrogen-bond acceptors (Lipinski definition) is 1. The van der Waals surface area contributed by atoms with Crippen molar-refractivity contribution in [3.8, 4) is 16.9 Å². The van der Waals surface area contributed by atoms with E-state index in [0.29, 0.717) is 5.75 Å². The van der Waals surface area contributed by atoms with Crippen molar-refractivity contribution in [1.29, 1.82) is 0 Å². The average molecular weight is 289 g/mol. The molecule has 0 spiro atoms. The van der Waals surface area contributed by atoms with Crippen LogP contribution in [0.1, 0.15) is 33.3 Å². The van der Waals surface area contributed by atoms with Crippen molar-refractivity contribution >= 4 is 0 Å². The van der Waals surface area contributed by atoms with Crippen LogP contribution < -0.4 is 0 Å². The van der Waals surface area contributed by atoms with Gasteiger partial charge in [0.15, 0.2) is 0 Å². The van der Waals surface area contributed by atoms with Crippen LogP contribution in [0.3, 0.4) is 0 Å². The minimum Gasteiger partial charge on any atom is -0.507 e. The molecule has 0 bridgehead atoms. The van der Waals surface area contributed by atoms with Crippen molar-refractivity contribution < 1.29 is 5.11 Å². The summed E-state index contributed by atoms with van der Waals surface area (Å²) in [6.07, 6.45) is 0. The Morgan fingerprint density at radius 2 is 1.14 bits per heavy atom. The van der Waals surface area contributed by atoms with Gasteiger partial charge in [-0.05, 0) is 29.2 Å². The van der Waals surface area contributed by atoms with Gasteiger partial charge in [0.05, 0.1) is 0 Å². The molecule has 0 aromatic heterocycles. The fraction of sp³-hybridized carbons (Fsp3) is 0.190. The highest BCUT2D eigenvalue weighted by Crippen LogP contribution is 2.56. The van der Waals surface area contributed by atoms with Crippen LogP contribution in [0.15, 0.2) is 48.5 Å². The summed E-state index contributed by atoms with van der Waals surface area (Å²) in [5.74, 6) is 6.69. The molecule has 1 saturated carbocycles. The van der Waals surface area contributed by atoms with Gasteiger partial charge in [-0.1, -0.05) is 76.2 Å². The van der Waals surface area contributed by atoms with Crippen LogP contribution in [-0.4, -0.2) is 5.11 Å². The lowest BCUT2D eigenvalue weighted by Gasteiger charge is -2.22. The number of rotatable bonds is 2. The maximum atomic E-state index is 10.8. The summed E-state index contributed by atoms with van der Waals surface area (Å²) in [5.41, 5.74) is 2.85. The van der Waals surface area contributed by atoms with Crippen LogP contribution in [0.4, 0.5) is 0 Å². The lowest BCUT2D eigenvalue weighted by molar-refractivity contribution is 0.472. The first-order valence-corrected chi connectivity index (χ1v) is 7.63. The molecular weight excluding hydrogens is 268 g/mol. The van der Waals surface area contributed by atoms with E-state index >= 15 is 0 Å². The molecule has 0 unspecified atom stereocenters. The number of aromatic hydroxyl groups is 1. The molecule has 1 aliphatic rings. The molecule has 0 saturated heterocycles. The molecule has 22 heavy (non-hydrogen) atoms. The summed E-state index contributed by atoms with van der Waals surface area (Å²) in [6.45, 7) is 8.58. The third kappa shape index (κ3) is 2.33. The minimum absolute atomic E-state index is 0.366. The third-order valence-electron chi connectivity index (χ3n) is 4.83. The van der Waals surface area contributed by atoms with Crippen molar-refractivity contribution in [2.75, 3.05) is 0 Å². The molecular formula is C21H21O. The normalized spacial score (nSPS) is 19.1. The van der Waals surface area contributed by atoms with Crippen LogP contribution in [0.25, 0.3) is 11.1 Å². The molecule has 0 amide bonds. The summed E-state index contributed by atoms with van der Waals surface area (Å²) >= 11 is 0. The van der Waals surface area contributed by atoms with Gasteiger partial charge in [0.25, 0.3) is 0 Å². The van der Waals surface area contributed by atoms with Crippen molar-refractivity contribution in [3.05, 3.63) is 83.7 Å². The zero-order chi connectivity index (χ0) is 15.9. The van der Waals surface area contributed by atoms with E-state index in [1.54, 1.807) is 0 Å². The smallest absolute Gasteiger partial charge is 0.127 e. The van der Waals surface area contributed by atoms with Gasteiger partial charge >= 0.3 is 0 Å². The molecule has 5 radical (unpaired) electrons. The number of phenols is 1. The van der Waals surface area contributed by atoms with Gasteiger partial charge in [0.2, 0.25) is 0 Å². The van der Waals surface area contributed by atoms with Gasteiger partial charge in [-0.3, -0.25) is 0 Å². The van der Waals surface area contributed by atoms with Crippen molar-refractivity contribution in [1.82, 2.24) is 0 Å². The number of phenolic OH excluding ortho intramolecular Hbond substituents is 1. The molecule has 1 nitrogen and oxygen atoms in total. The van der Waals surface area contributed by atoms with Crippen LogP contribution in [0.5, 0.6) is 5.75 Å². The van der Waals surface area contributed by atoms with Gasteiger partial charge < -0.3 is 5.11 Å². The van der Waals surface area contributed by atoms with Crippen LogP contribution in [0, 0.1) is 29.6 Å². The molecule has 1 aliphatic carbocycles.